The number of carbonyl (C=O) groups is 12. The molecule has 2 rings (SSSR count). The van der Waals surface area contributed by atoms with Gasteiger partial charge in [-0.25, -0.2) is 4.79 Å². The largest absolute Gasteiger partial charge is 0.480 e. The summed E-state index contributed by atoms with van der Waals surface area (Å²) >= 11 is 8.26. The van der Waals surface area contributed by atoms with Crippen LogP contribution in [0.3, 0.4) is 0 Å². The first-order valence-electron chi connectivity index (χ1n) is 26.5. The summed E-state index contributed by atoms with van der Waals surface area (Å²) in [6, 6.07) is -15.0. The Bertz CT molecular complexity index is 2180. The summed E-state index contributed by atoms with van der Waals surface area (Å²) in [4.78, 5) is 162. The van der Waals surface area contributed by atoms with E-state index in [4.69, 9.17) is 11.5 Å². The molecule has 2 aliphatic rings. The molecule has 2 saturated heterocycles. The summed E-state index contributed by atoms with van der Waals surface area (Å²) in [7, 11) is 0. The number of aliphatic hydroxyl groups is 3. The molecule has 0 spiro atoms. The Kier molecular flexibility index (Phi) is 29.0. The number of nitrogens with zero attached hydrogens (tertiary/aromatic N) is 2. The summed E-state index contributed by atoms with van der Waals surface area (Å²) in [6.45, 7) is 11.5. The summed E-state index contributed by atoms with van der Waals surface area (Å²) < 4.78 is 0. The first kappa shape index (κ1) is 69.3. The molecule has 448 valence electrons. The molecule has 0 aromatic rings. The number of carboxylic acids is 1. The van der Waals surface area contributed by atoms with Gasteiger partial charge < -0.3 is 84.2 Å². The highest BCUT2D eigenvalue weighted by atomic mass is 32.1. The highest BCUT2D eigenvalue weighted by Gasteiger charge is 2.47. The van der Waals surface area contributed by atoms with Crippen LogP contribution in [0.15, 0.2) is 0 Å². The fourth-order valence-corrected chi connectivity index (χ4v) is 9.13. The lowest BCUT2D eigenvalue weighted by molar-refractivity contribution is -0.149. The van der Waals surface area contributed by atoms with E-state index in [1.165, 1.54) is 18.7 Å². The number of amides is 11. The van der Waals surface area contributed by atoms with E-state index in [1.54, 1.807) is 34.6 Å². The van der Waals surface area contributed by atoms with Crippen molar-refractivity contribution in [2.45, 2.75) is 185 Å². The van der Waals surface area contributed by atoms with Gasteiger partial charge in [0.25, 0.3) is 0 Å². The van der Waals surface area contributed by atoms with Crippen molar-refractivity contribution < 1.29 is 78.0 Å². The van der Waals surface area contributed by atoms with Crippen molar-refractivity contribution in [3.8, 4) is 0 Å². The van der Waals surface area contributed by atoms with Crippen molar-refractivity contribution in [3.63, 3.8) is 0 Å². The van der Waals surface area contributed by atoms with Crippen molar-refractivity contribution in [2.24, 2.45) is 29.2 Å². The van der Waals surface area contributed by atoms with Gasteiger partial charge in [0.2, 0.25) is 65.0 Å². The number of β-amino-alcohol motifs (C(OH)–C–C–N with tert-alkyl or cyclic N) is 1. The topological polar surface area (TPSA) is 441 Å². The second-order valence-electron chi connectivity index (χ2n) is 20.3. The van der Waals surface area contributed by atoms with Gasteiger partial charge in [-0.1, -0.05) is 60.8 Å². The third-order valence-electron chi connectivity index (χ3n) is 14.4. The van der Waals surface area contributed by atoms with Crippen molar-refractivity contribution >= 4 is 96.2 Å². The average molecular weight is 1160 g/mol. The second-order valence-corrected chi connectivity index (χ2v) is 21.1. The number of rotatable bonds is 32. The van der Waals surface area contributed by atoms with Crippen molar-refractivity contribution in [3.05, 3.63) is 0 Å². The maximum absolute atomic E-state index is 14.5. The monoisotopic (exact) mass is 1160 g/mol. The third-order valence-corrected chi connectivity index (χ3v) is 15.1. The summed E-state index contributed by atoms with van der Waals surface area (Å²) in [5.41, 5.74) is 11.1. The second kappa shape index (κ2) is 33.1. The third kappa shape index (κ3) is 20.0. The maximum atomic E-state index is 14.5. The van der Waals surface area contributed by atoms with E-state index in [9.17, 15) is 78.0 Å². The molecule has 0 aromatic heterocycles. The van der Waals surface area contributed by atoms with Crippen LogP contribution in [0.5, 0.6) is 0 Å². The smallest absolute Gasteiger partial charge is 0.326 e. The lowest BCUT2D eigenvalue weighted by Gasteiger charge is -2.35. The molecule has 2 aliphatic heterocycles. The van der Waals surface area contributed by atoms with E-state index in [2.05, 4.69) is 67.8 Å². The molecule has 16 N–H and O–H groups in total. The summed E-state index contributed by atoms with van der Waals surface area (Å²) in [5.74, 6) is -12.7. The zero-order valence-corrected chi connectivity index (χ0v) is 47.9. The van der Waals surface area contributed by atoms with Gasteiger partial charge in [0.1, 0.15) is 60.4 Å². The van der Waals surface area contributed by atoms with Crippen LogP contribution >= 0.6 is 25.3 Å². The first-order chi connectivity index (χ1) is 37.0. The summed E-state index contributed by atoms with van der Waals surface area (Å²) in [5, 5.41) is 60.5. The van der Waals surface area contributed by atoms with Gasteiger partial charge in [-0.05, 0) is 50.9 Å². The molecule has 28 nitrogen and oxygen atoms in total. The number of hydrogen-bond acceptors (Lipinski definition) is 18. The molecule has 0 saturated carbocycles. The minimum Gasteiger partial charge on any atom is -0.480 e. The van der Waals surface area contributed by atoms with E-state index in [0.717, 1.165) is 4.90 Å². The van der Waals surface area contributed by atoms with Crippen LogP contribution in [-0.4, -0.2) is 211 Å². The van der Waals surface area contributed by atoms with Crippen molar-refractivity contribution in [1.82, 2.24) is 52.3 Å². The Morgan fingerprint density at radius 3 is 1.62 bits per heavy atom. The van der Waals surface area contributed by atoms with Gasteiger partial charge in [-0.3, -0.25) is 52.7 Å². The van der Waals surface area contributed by atoms with Crippen LogP contribution in [0, 0.1) is 17.8 Å². The zero-order valence-electron chi connectivity index (χ0n) is 46.1. The molecular formula is C49H84N12O16S2. The first-order valence-corrected chi connectivity index (χ1v) is 27.8. The number of carboxylic acid groups (broad SMARTS) is 1. The SMILES string of the molecule is CC[C@H](C)[C@H](N)C(=O)N[C@@H](CS)C(=O)N[C@H](C(=O)N[C@@H](C)C(=O)N[C@@H](CO)C(=O)N[C@H](C(=O)N1CCC[C@H]1C(=O)N1C[C@H](O)C[C@H]1C(=O)N[C@H](C(=O)N[C@@H](CS)C(=O)N[C@@H](CCC(N)=O)C(=O)O)[C@@H](C)CC)[C@@H](C)CC)[C@@H](C)O. The molecule has 2 fully saturated rings. The minimum atomic E-state index is -1.69. The molecule has 11 amide bonds. The molecule has 79 heavy (non-hydrogen) atoms. The molecule has 2 heterocycles. The fourth-order valence-electron chi connectivity index (χ4n) is 8.62. The van der Waals surface area contributed by atoms with Gasteiger partial charge in [0.05, 0.1) is 24.9 Å². The molecule has 0 aromatic carbocycles. The number of aliphatic carboxylic acids is 1. The van der Waals surface area contributed by atoms with Crippen LogP contribution in [-0.2, 0) is 57.5 Å². The Morgan fingerprint density at radius 2 is 1.10 bits per heavy atom. The van der Waals surface area contributed by atoms with Crippen LogP contribution in [0.25, 0.3) is 0 Å². The quantitative estimate of drug-likeness (QED) is 0.0280. The number of carbonyl (C=O) groups excluding carboxylic acids is 11. The highest BCUT2D eigenvalue weighted by molar-refractivity contribution is 7.80. The van der Waals surface area contributed by atoms with E-state index in [1.807, 2.05) is 6.92 Å². The van der Waals surface area contributed by atoms with Gasteiger partial charge >= 0.3 is 5.97 Å². The summed E-state index contributed by atoms with van der Waals surface area (Å²) in [6.07, 6.45) is -1.94. The Morgan fingerprint density at radius 1 is 0.608 bits per heavy atom. The Labute approximate surface area is 470 Å². The molecule has 16 atom stereocenters. The number of likely N-dealkylation sites (tertiary alicyclic amines) is 2. The van der Waals surface area contributed by atoms with Crippen LogP contribution in [0.1, 0.15) is 107 Å². The molecule has 0 radical (unpaired) electrons. The molecule has 0 unspecified atom stereocenters. The van der Waals surface area contributed by atoms with Gasteiger partial charge in [0, 0.05) is 37.4 Å². The zero-order chi connectivity index (χ0) is 60.2. The minimum absolute atomic E-state index is 0.0431. The van der Waals surface area contributed by atoms with E-state index >= 15 is 0 Å². The van der Waals surface area contributed by atoms with Gasteiger partial charge in [-0.2, -0.15) is 25.3 Å². The highest BCUT2D eigenvalue weighted by Crippen LogP contribution is 2.27. The Balaban J connectivity index is 2.24. The predicted molar refractivity (Wildman–Crippen MR) is 291 cm³/mol. The predicted octanol–water partition coefficient (Wildman–Crippen LogP) is -5.11. The van der Waals surface area contributed by atoms with E-state index in [0.29, 0.717) is 25.7 Å². The lowest BCUT2D eigenvalue weighted by atomic mass is 9.96. The standard InChI is InChI=1S/C49H84N12O16S2/c1-9-22(4)35(51)44(71)55-31(21-79)42(69)59-38(26(8)63)46(73)52-25(7)39(66)54-29(19-62)40(67)58-37(24(6)11-3)48(75)60-16-12-13-32(60)47(74)61-18-27(64)17-33(61)43(70)57-36(23(5)10-2)45(72)56-30(20-78)41(68)53-28(49(76)77)14-15-34(50)65/h22-33,35-38,62-64,78-79H,9-21,51H2,1-8H3,(H2,50,65)(H,52,73)(H,53,68)(H,54,66)(H,55,71)(H,56,72)(H,57,70)(H,58,67)(H,59,69)(H,76,77)/t22-,23-,24-,25-,26+,27+,28-,29-,30-,31-,32-,33-,35-,36-,37-,38-/m0/s1. The van der Waals surface area contributed by atoms with Crippen LogP contribution < -0.4 is 54.0 Å². The van der Waals surface area contributed by atoms with Gasteiger partial charge in [0.15, 0.2) is 0 Å². The number of hydrogen-bond donors (Lipinski definition) is 16. The molecule has 30 heteroatoms. The molecular weight excluding hydrogens is 1080 g/mol. The normalized spacial score (nSPS) is 21.1. The Hall–Kier alpha value is -5.82. The number of nitrogens with two attached hydrogens (primary N) is 2. The van der Waals surface area contributed by atoms with Crippen molar-refractivity contribution in [1.29, 1.82) is 0 Å². The van der Waals surface area contributed by atoms with Gasteiger partial charge in [-0.15, -0.1) is 0 Å². The lowest BCUT2D eigenvalue weighted by Crippen LogP contribution is -2.62. The van der Waals surface area contributed by atoms with E-state index < -0.39 is 168 Å². The average Bonchev–Trinajstić information content (AvgIpc) is 4.08. The fraction of sp³-hybridized carbons (Fsp3) is 0.755. The van der Waals surface area contributed by atoms with E-state index in [-0.39, 0.29) is 56.2 Å². The molecule has 0 bridgehead atoms. The van der Waals surface area contributed by atoms with Crippen molar-refractivity contribution in [2.75, 3.05) is 31.2 Å². The van der Waals surface area contributed by atoms with Crippen LogP contribution in [0.4, 0.5) is 0 Å². The number of aliphatic hydroxyl groups excluding tert-OH is 3. The number of primary amides is 1. The van der Waals surface area contributed by atoms with Crippen LogP contribution in [0.2, 0.25) is 0 Å². The maximum Gasteiger partial charge on any atom is 0.326 e. The molecule has 0 aliphatic carbocycles. The number of nitrogens with one attached hydrogen (secondary N) is 8. The number of thiol groups is 2.